The quantitative estimate of drug-likeness (QED) is 0.472. The maximum absolute atomic E-state index is 12.6. The van der Waals surface area contributed by atoms with Crippen LogP contribution in [0.25, 0.3) is 0 Å². The van der Waals surface area contributed by atoms with E-state index in [9.17, 15) is 4.79 Å². The molecule has 0 aromatic heterocycles. The summed E-state index contributed by atoms with van der Waals surface area (Å²) in [5.74, 6) is 0.379. The van der Waals surface area contributed by atoms with Crippen molar-refractivity contribution in [2.24, 2.45) is 0 Å². The first-order valence-electron chi connectivity index (χ1n) is 10.5. The van der Waals surface area contributed by atoms with Gasteiger partial charge in [-0.2, -0.15) is 0 Å². The molecule has 1 aliphatic rings. The first-order chi connectivity index (χ1) is 15.0. The molecule has 0 saturated carbocycles. The number of hydrogen-bond acceptors (Lipinski definition) is 5. The van der Waals surface area contributed by atoms with Crippen molar-refractivity contribution >= 4 is 46.2 Å². The Balaban J connectivity index is 1.56. The van der Waals surface area contributed by atoms with Gasteiger partial charge < -0.3 is 19.9 Å². The van der Waals surface area contributed by atoms with Crippen LogP contribution in [0.5, 0.6) is 5.75 Å². The van der Waals surface area contributed by atoms with Gasteiger partial charge in [-0.3, -0.25) is 10.1 Å². The highest BCUT2D eigenvalue weighted by molar-refractivity contribution is 7.80. The molecule has 0 atom stereocenters. The lowest BCUT2D eigenvalue weighted by atomic mass is 10.2. The number of anilines is 2. The van der Waals surface area contributed by atoms with Crippen LogP contribution < -0.4 is 20.3 Å². The number of piperazine rings is 1. The van der Waals surface area contributed by atoms with Crippen molar-refractivity contribution in [2.75, 3.05) is 50.1 Å². The Labute approximate surface area is 194 Å². The fourth-order valence-electron chi connectivity index (χ4n) is 3.29. The van der Waals surface area contributed by atoms with Gasteiger partial charge in [0.15, 0.2) is 5.11 Å². The Morgan fingerprint density at radius 2 is 1.94 bits per heavy atom. The third-order valence-electron chi connectivity index (χ3n) is 5.14. The summed E-state index contributed by atoms with van der Waals surface area (Å²) in [5.41, 5.74) is 2.22. The van der Waals surface area contributed by atoms with Gasteiger partial charge >= 0.3 is 0 Å². The number of hydrogen-bond donors (Lipinski definition) is 2. The predicted octanol–water partition coefficient (Wildman–Crippen LogP) is 4.40. The molecule has 1 amide bonds. The minimum Gasteiger partial charge on any atom is -0.494 e. The summed E-state index contributed by atoms with van der Waals surface area (Å²) in [6, 6.07) is 12.8. The van der Waals surface area contributed by atoms with Crippen LogP contribution >= 0.6 is 23.8 Å². The Kier molecular flexibility index (Phi) is 8.51. The predicted molar refractivity (Wildman–Crippen MR) is 132 cm³/mol. The number of amides is 1. The minimum atomic E-state index is -0.293. The van der Waals surface area contributed by atoms with Crippen molar-refractivity contribution in [2.45, 2.75) is 19.8 Å². The van der Waals surface area contributed by atoms with E-state index in [-0.39, 0.29) is 11.0 Å². The van der Waals surface area contributed by atoms with Gasteiger partial charge in [0.1, 0.15) is 5.75 Å². The summed E-state index contributed by atoms with van der Waals surface area (Å²) in [4.78, 5) is 17.1. The molecule has 3 rings (SSSR count). The van der Waals surface area contributed by atoms with Crippen LogP contribution in [0, 0.1) is 0 Å². The molecule has 0 spiro atoms. The largest absolute Gasteiger partial charge is 0.494 e. The number of unbranched alkanes of at least 4 members (excludes halogenated alkanes) is 1. The lowest BCUT2D eigenvalue weighted by molar-refractivity contribution is 0.0977. The molecule has 1 saturated heterocycles. The monoisotopic (exact) mass is 460 g/mol. The zero-order valence-electron chi connectivity index (χ0n) is 18.0. The van der Waals surface area contributed by atoms with Crippen molar-refractivity contribution in [3.8, 4) is 5.75 Å². The zero-order valence-corrected chi connectivity index (χ0v) is 19.6. The molecule has 0 unspecified atom stereocenters. The summed E-state index contributed by atoms with van der Waals surface area (Å²) in [6.45, 7) is 6.65. The van der Waals surface area contributed by atoms with E-state index in [2.05, 4.69) is 34.4 Å². The highest BCUT2D eigenvalue weighted by Gasteiger charge is 2.17. The molecule has 8 heteroatoms. The van der Waals surface area contributed by atoms with Crippen LogP contribution in [0.4, 0.5) is 11.4 Å². The summed E-state index contributed by atoms with van der Waals surface area (Å²) in [5, 5.41) is 6.61. The van der Waals surface area contributed by atoms with Crippen LogP contribution in [0.3, 0.4) is 0 Å². The number of nitrogens with zero attached hydrogens (tertiary/aromatic N) is 2. The molecule has 31 heavy (non-hydrogen) atoms. The molecule has 0 aliphatic carbocycles. The number of rotatable bonds is 7. The van der Waals surface area contributed by atoms with Crippen molar-refractivity contribution in [3.63, 3.8) is 0 Å². The second kappa shape index (κ2) is 11.3. The van der Waals surface area contributed by atoms with Crippen molar-refractivity contribution < 1.29 is 9.53 Å². The Morgan fingerprint density at radius 3 is 2.65 bits per heavy atom. The number of benzene rings is 2. The number of halogens is 1. The summed E-state index contributed by atoms with van der Waals surface area (Å²) >= 11 is 11.8. The fraction of sp³-hybridized carbons (Fsp3) is 0.391. The van der Waals surface area contributed by atoms with Gasteiger partial charge in [0.2, 0.25) is 0 Å². The van der Waals surface area contributed by atoms with Gasteiger partial charge in [0.25, 0.3) is 5.91 Å². The Morgan fingerprint density at radius 1 is 1.16 bits per heavy atom. The van der Waals surface area contributed by atoms with Crippen LogP contribution in [-0.2, 0) is 0 Å². The SMILES string of the molecule is CCCCOc1cccc(C(=O)NC(=S)Nc2ccc(N3CCN(C)CC3)c(Cl)c2)c1. The minimum absolute atomic E-state index is 0.214. The average Bonchev–Trinajstić information content (AvgIpc) is 2.75. The van der Waals surface area contributed by atoms with Crippen LogP contribution in [0.1, 0.15) is 30.1 Å². The van der Waals surface area contributed by atoms with Crippen molar-refractivity contribution in [1.29, 1.82) is 0 Å². The molecule has 2 aromatic carbocycles. The van der Waals surface area contributed by atoms with E-state index in [1.54, 1.807) is 18.2 Å². The standard InChI is InChI=1S/C23H29ClN4O2S/c1-3-4-14-30-19-7-5-6-17(15-19)22(29)26-23(31)25-18-8-9-21(20(24)16-18)28-12-10-27(2)11-13-28/h5-9,15-16H,3-4,10-14H2,1-2H3,(H2,25,26,29,31). The average molecular weight is 461 g/mol. The molecular formula is C23H29ClN4O2S. The molecule has 6 nitrogen and oxygen atoms in total. The lowest BCUT2D eigenvalue weighted by Crippen LogP contribution is -2.44. The Bertz CT molecular complexity index is 916. The van der Waals surface area contributed by atoms with Gasteiger partial charge in [0, 0.05) is 37.4 Å². The van der Waals surface area contributed by atoms with E-state index in [0.717, 1.165) is 50.4 Å². The zero-order chi connectivity index (χ0) is 22.2. The topological polar surface area (TPSA) is 56.8 Å². The second-order valence-corrected chi connectivity index (χ2v) is 8.41. The normalized spacial score (nSPS) is 14.2. The lowest BCUT2D eigenvalue weighted by Gasteiger charge is -2.34. The van der Waals surface area contributed by atoms with Gasteiger partial charge in [-0.1, -0.05) is 31.0 Å². The first-order valence-corrected chi connectivity index (χ1v) is 11.3. The molecular weight excluding hydrogens is 432 g/mol. The van der Waals surface area contributed by atoms with Gasteiger partial charge in [-0.25, -0.2) is 0 Å². The van der Waals surface area contributed by atoms with Crippen LogP contribution in [0.15, 0.2) is 42.5 Å². The van der Waals surface area contributed by atoms with E-state index in [1.807, 2.05) is 24.3 Å². The molecule has 2 N–H and O–H groups in total. The van der Waals surface area contributed by atoms with E-state index >= 15 is 0 Å². The molecule has 2 aromatic rings. The third kappa shape index (κ3) is 6.82. The second-order valence-electron chi connectivity index (χ2n) is 7.59. The number of ether oxygens (including phenoxy) is 1. The Hall–Kier alpha value is -2.35. The van der Waals surface area contributed by atoms with E-state index in [0.29, 0.717) is 22.9 Å². The number of carbonyl (C=O) groups excluding carboxylic acids is 1. The van der Waals surface area contributed by atoms with E-state index in [1.165, 1.54) is 0 Å². The number of thiocarbonyl (C=S) groups is 1. The highest BCUT2D eigenvalue weighted by Crippen LogP contribution is 2.29. The van der Waals surface area contributed by atoms with Crippen LogP contribution in [0.2, 0.25) is 5.02 Å². The summed E-state index contributed by atoms with van der Waals surface area (Å²) in [7, 11) is 2.12. The smallest absolute Gasteiger partial charge is 0.257 e. The van der Waals surface area contributed by atoms with E-state index in [4.69, 9.17) is 28.6 Å². The first kappa shape index (κ1) is 23.3. The van der Waals surface area contributed by atoms with Crippen molar-refractivity contribution in [1.82, 2.24) is 10.2 Å². The third-order valence-corrected chi connectivity index (χ3v) is 5.65. The summed E-state index contributed by atoms with van der Waals surface area (Å²) in [6.07, 6.45) is 2.03. The molecule has 166 valence electrons. The maximum atomic E-state index is 12.6. The molecule has 1 aliphatic heterocycles. The number of likely N-dealkylation sites (N-methyl/N-ethyl adjacent to an activating group) is 1. The van der Waals surface area contributed by atoms with Gasteiger partial charge in [0.05, 0.1) is 17.3 Å². The number of nitrogens with one attached hydrogen (secondary N) is 2. The molecule has 1 heterocycles. The van der Waals surface area contributed by atoms with Crippen LogP contribution in [-0.4, -0.2) is 55.8 Å². The highest BCUT2D eigenvalue weighted by atomic mass is 35.5. The van der Waals surface area contributed by atoms with Gasteiger partial charge in [-0.15, -0.1) is 0 Å². The van der Waals surface area contributed by atoms with Gasteiger partial charge in [-0.05, 0) is 62.1 Å². The number of carbonyl (C=O) groups is 1. The molecule has 0 bridgehead atoms. The summed E-state index contributed by atoms with van der Waals surface area (Å²) < 4.78 is 5.67. The fourth-order valence-corrected chi connectivity index (χ4v) is 3.80. The van der Waals surface area contributed by atoms with Crippen molar-refractivity contribution in [3.05, 3.63) is 53.1 Å². The maximum Gasteiger partial charge on any atom is 0.257 e. The molecule has 0 radical (unpaired) electrons. The molecule has 1 fully saturated rings. The van der Waals surface area contributed by atoms with E-state index < -0.39 is 0 Å².